The van der Waals surface area contributed by atoms with Crippen molar-refractivity contribution in [1.82, 2.24) is 4.90 Å². The van der Waals surface area contributed by atoms with Crippen molar-refractivity contribution in [1.29, 1.82) is 0 Å². The van der Waals surface area contributed by atoms with Crippen molar-refractivity contribution < 1.29 is 9.90 Å². The maximum Gasteiger partial charge on any atom is 0.308 e. The third kappa shape index (κ3) is 3.40. The van der Waals surface area contributed by atoms with E-state index in [-0.39, 0.29) is 6.42 Å². The topological polar surface area (TPSA) is 40.5 Å². The Morgan fingerprint density at radius 2 is 2.29 bits per heavy atom. The Kier molecular flexibility index (Phi) is 4.10. The van der Waals surface area contributed by atoms with E-state index in [4.69, 9.17) is 5.11 Å². The van der Waals surface area contributed by atoms with Gasteiger partial charge in [0.15, 0.2) is 0 Å². The molecule has 0 saturated carbocycles. The van der Waals surface area contributed by atoms with Crippen LogP contribution < -0.4 is 0 Å². The molecule has 0 aliphatic rings. The van der Waals surface area contributed by atoms with Crippen LogP contribution in [0.5, 0.6) is 0 Å². The lowest BCUT2D eigenvalue weighted by Crippen LogP contribution is -2.10. The van der Waals surface area contributed by atoms with Crippen LogP contribution in [-0.4, -0.2) is 30.1 Å². The maximum atomic E-state index is 10.5. The molecule has 1 aromatic rings. The Hall–Kier alpha value is -0.390. The number of aliphatic carboxylic acids is 1. The summed E-state index contributed by atoms with van der Waals surface area (Å²) < 4.78 is 1.03. The largest absolute Gasteiger partial charge is 0.481 e. The standard InChI is InChI=1S/C9H12BrNO2S/c1-11(2)5-6-3-7(4-8(12)13)14-9(6)10/h3H,4-5H2,1-2H3,(H,12,13). The van der Waals surface area contributed by atoms with Crippen molar-refractivity contribution in [2.75, 3.05) is 14.1 Å². The summed E-state index contributed by atoms with van der Waals surface area (Å²) in [5.41, 5.74) is 1.15. The lowest BCUT2D eigenvalue weighted by atomic mass is 10.2. The molecule has 0 aliphatic heterocycles. The first kappa shape index (κ1) is 11.7. The van der Waals surface area contributed by atoms with Crippen molar-refractivity contribution in [3.05, 3.63) is 20.3 Å². The van der Waals surface area contributed by atoms with E-state index in [0.29, 0.717) is 0 Å². The molecule has 0 radical (unpaired) electrons. The SMILES string of the molecule is CN(C)Cc1cc(CC(=O)O)sc1Br. The molecule has 0 bridgehead atoms. The second-order valence-electron chi connectivity index (χ2n) is 3.32. The number of halogens is 1. The maximum absolute atomic E-state index is 10.5. The first-order chi connectivity index (χ1) is 6.49. The lowest BCUT2D eigenvalue weighted by molar-refractivity contribution is -0.136. The van der Waals surface area contributed by atoms with Crippen LogP contribution in [0.1, 0.15) is 10.4 Å². The number of hydrogen-bond acceptors (Lipinski definition) is 3. The normalized spacial score (nSPS) is 10.9. The molecule has 1 heterocycles. The van der Waals surface area contributed by atoms with Crippen LogP contribution >= 0.6 is 27.3 Å². The van der Waals surface area contributed by atoms with Gasteiger partial charge in [-0.2, -0.15) is 0 Å². The van der Waals surface area contributed by atoms with Gasteiger partial charge in [-0.15, -0.1) is 11.3 Å². The minimum Gasteiger partial charge on any atom is -0.481 e. The predicted octanol–water partition coefficient (Wildman–Crippen LogP) is 2.20. The Bertz CT molecular complexity index is 336. The summed E-state index contributed by atoms with van der Waals surface area (Å²) in [6, 6.07) is 1.95. The second kappa shape index (κ2) is 4.91. The molecule has 5 heteroatoms. The van der Waals surface area contributed by atoms with Gasteiger partial charge in [0.25, 0.3) is 0 Å². The van der Waals surface area contributed by atoms with Crippen LogP contribution in [0.25, 0.3) is 0 Å². The fourth-order valence-electron chi connectivity index (χ4n) is 1.15. The molecule has 78 valence electrons. The number of thiophene rings is 1. The Morgan fingerprint density at radius 3 is 2.79 bits per heavy atom. The second-order valence-corrected chi connectivity index (χ2v) is 5.77. The van der Waals surface area contributed by atoms with E-state index >= 15 is 0 Å². The molecule has 3 nitrogen and oxygen atoms in total. The van der Waals surface area contributed by atoms with Gasteiger partial charge in [-0.1, -0.05) is 0 Å². The molecule has 0 aliphatic carbocycles. The summed E-state index contributed by atoms with van der Waals surface area (Å²) in [6.45, 7) is 0.830. The Balaban J connectivity index is 2.76. The fourth-order valence-corrected chi connectivity index (χ4v) is 2.89. The highest BCUT2D eigenvalue weighted by Gasteiger charge is 2.09. The highest BCUT2D eigenvalue weighted by molar-refractivity contribution is 9.11. The molecular formula is C9H12BrNO2S. The average molecular weight is 278 g/mol. The number of carboxylic acid groups (broad SMARTS) is 1. The van der Waals surface area contributed by atoms with Gasteiger partial charge in [-0.25, -0.2) is 0 Å². The molecule has 0 amide bonds. The average Bonchev–Trinajstić information content (AvgIpc) is 2.28. The summed E-state index contributed by atoms with van der Waals surface area (Å²) in [6.07, 6.45) is 0.108. The molecule has 0 atom stereocenters. The number of nitrogens with zero attached hydrogens (tertiary/aromatic N) is 1. The molecule has 1 aromatic heterocycles. The zero-order chi connectivity index (χ0) is 10.7. The van der Waals surface area contributed by atoms with Crippen molar-refractivity contribution in [2.45, 2.75) is 13.0 Å². The van der Waals surface area contributed by atoms with Crippen molar-refractivity contribution in [3.8, 4) is 0 Å². The molecule has 14 heavy (non-hydrogen) atoms. The molecule has 0 fully saturated rings. The number of carboxylic acids is 1. The van der Waals surface area contributed by atoms with Crippen LogP contribution in [0, 0.1) is 0 Å². The van der Waals surface area contributed by atoms with E-state index < -0.39 is 5.97 Å². The molecule has 0 saturated heterocycles. The first-order valence-electron chi connectivity index (χ1n) is 4.12. The summed E-state index contributed by atoms with van der Waals surface area (Å²) >= 11 is 4.93. The highest BCUT2D eigenvalue weighted by Crippen LogP contribution is 2.29. The van der Waals surface area contributed by atoms with Gasteiger partial charge < -0.3 is 10.0 Å². The van der Waals surface area contributed by atoms with E-state index in [9.17, 15) is 4.79 Å². The zero-order valence-corrected chi connectivity index (χ0v) is 10.5. The fraction of sp³-hybridized carbons (Fsp3) is 0.444. The van der Waals surface area contributed by atoms with E-state index in [1.165, 1.54) is 11.3 Å². The summed E-state index contributed by atoms with van der Waals surface area (Å²) in [4.78, 5) is 13.4. The summed E-state index contributed by atoms with van der Waals surface area (Å²) in [5.74, 6) is -0.782. The van der Waals surface area contributed by atoms with E-state index in [0.717, 1.165) is 20.8 Å². The smallest absolute Gasteiger partial charge is 0.308 e. The van der Waals surface area contributed by atoms with Gasteiger partial charge in [-0.05, 0) is 41.7 Å². The monoisotopic (exact) mass is 277 g/mol. The minimum absolute atomic E-state index is 0.108. The van der Waals surface area contributed by atoms with Crippen LogP contribution in [0.2, 0.25) is 0 Å². The van der Waals surface area contributed by atoms with E-state index in [1.54, 1.807) is 0 Å². The van der Waals surface area contributed by atoms with Gasteiger partial charge in [0.05, 0.1) is 10.2 Å². The quantitative estimate of drug-likeness (QED) is 0.918. The number of carbonyl (C=O) groups is 1. The zero-order valence-electron chi connectivity index (χ0n) is 8.08. The van der Waals surface area contributed by atoms with Crippen LogP contribution in [0.3, 0.4) is 0 Å². The van der Waals surface area contributed by atoms with Crippen molar-refractivity contribution in [2.24, 2.45) is 0 Å². The molecule has 1 N–H and O–H groups in total. The van der Waals surface area contributed by atoms with Crippen LogP contribution in [-0.2, 0) is 17.8 Å². The van der Waals surface area contributed by atoms with Gasteiger partial charge in [-0.3, -0.25) is 4.79 Å². The van der Waals surface area contributed by atoms with Crippen molar-refractivity contribution in [3.63, 3.8) is 0 Å². The van der Waals surface area contributed by atoms with E-state index in [1.807, 2.05) is 20.2 Å². The lowest BCUT2D eigenvalue weighted by Gasteiger charge is -2.07. The Morgan fingerprint density at radius 1 is 1.64 bits per heavy atom. The third-order valence-corrected chi connectivity index (χ3v) is 3.58. The minimum atomic E-state index is -0.782. The van der Waals surface area contributed by atoms with Gasteiger partial charge >= 0.3 is 5.97 Å². The van der Waals surface area contributed by atoms with Crippen molar-refractivity contribution >= 4 is 33.2 Å². The molecular weight excluding hydrogens is 266 g/mol. The summed E-state index contributed by atoms with van der Waals surface area (Å²) in [5, 5.41) is 8.63. The predicted molar refractivity (Wildman–Crippen MR) is 60.7 cm³/mol. The van der Waals surface area contributed by atoms with Gasteiger partial charge in [0.1, 0.15) is 0 Å². The van der Waals surface area contributed by atoms with Crippen LogP contribution in [0.4, 0.5) is 0 Å². The molecule has 0 aromatic carbocycles. The highest BCUT2D eigenvalue weighted by atomic mass is 79.9. The first-order valence-corrected chi connectivity index (χ1v) is 5.73. The molecule has 1 rings (SSSR count). The van der Waals surface area contributed by atoms with Gasteiger partial charge in [0.2, 0.25) is 0 Å². The molecule has 0 spiro atoms. The number of rotatable bonds is 4. The molecule has 0 unspecified atom stereocenters. The third-order valence-electron chi connectivity index (χ3n) is 1.62. The number of hydrogen-bond donors (Lipinski definition) is 1. The summed E-state index contributed by atoms with van der Waals surface area (Å²) in [7, 11) is 3.97. The van der Waals surface area contributed by atoms with Gasteiger partial charge in [0, 0.05) is 11.4 Å². The van der Waals surface area contributed by atoms with Crippen LogP contribution in [0.15, 0.2) is 9.85 Å². The Labute approximate surface area is 95.5 Å². The van der Waals surface area contributed by atoms with E-state index in [2.05, 4.69) is 20.8 Å².